The monoisotopic (exact) mass is 274 g/mol. The molecule has 0 aromatic heterocycles. The maximum Gasteiger partial charge on any atom is 0.200 e. The molecule has 0 amide bonds. The van der Waals surface area contributed by atoms with E-state index in [0.717, 1.165) is 5.11 Å². The average Bonchev–Trinajstić information content (AvgIpc) is 2.53. The second-order valence-corrected chi connectivity index (χ2v) is 11.6. The molecule has 0 aromatic rings. The van der Waals surface area contributed by atoms with Gasteiger partial charge in [-0.3, -0.25) is 0 Å². The van der Waals surface area contributed by atoms with Crippen LogP contribution in [-0.2, 0) is 0 Å². The Balaban J connectivity index is 2.21. The van der Waals surface area contributed by atoms with Gasteiger partial charge in [0.25, 0.3) is 0 Å². The van der Waals surface area contributed by atoms with E-state index in [1.807, 2.05) is 21.6 Å². The SMILES string of the molecule is CC(C)(C)C1=NC2=S(S1)SC(C(C)(C)C)=N2. The average molecular weight is 274 g/mol. The van der Waals surface area contributed by atoms with Gasteiger partial charge in [-0.15, -0.1) is 0 Å². The van der Waals surface area contributed by atoms with Gasteiger partial charge >= 0.3 is 0 Å². The number of rotatable bonds is 0. The van der Waals surface area contributed by atoms with E-state index in [4.69, 9.17) is 0 Å². The molecule has 5 heteroatoms. The summed E-state index contributed by atoms with van der Waals surface area (Å²) in [6.07, 6.45) is 0. The first-order valence-corrected chi connectivity index (χ1v) is 9.23. The molecular weight excluding hydrogens is 256 g/mol. The summed E-state index contributed by atoms with van der Waals surface area (Å²) in [5, 5.41) is 3.51. The molecule has 2 rings (SSSR count). The lowest BCUT2D eigenvalue weighted by molar-refractivity contribution is 0.602. The normalized spacial score (nSPS) is 22.2. The van der Waals surface area contributed by atoms with Crippen LogP contribution < -0.4 is 0 Å². The lowest BCUT2D eigenvalue weighted by Gasteiger charge is -2.20. The Kier molecular flexibility index (Phi) is 3.09. The van der Waals surface area contributed by atoms with Crippen molar-refractivity contribution in [2.45, 2.75) is 41.5 Å². The Morgan fingerprint density at radius 2 is 1.19 bits per heavy atom. The maximum atomic E-state index is 4.69. The van der Waals surface area contributed by atoms with Crippen LogP contribution in [-0.4, -0.2) is 15.2 Å². The number of hydrogen-bond acceptors (Lipinski definition) is 4. The molecule has 90 valence electrons. The molecule has 0 N–H and O–H groups in total. The van der Waals surface area contributed by atoms with Crippen LogP contribution in [0, 0.1) is 10.8 Å². The van der Waals surface area contributed by atoms with Gasteiger partial charge in [-0.05, 0) is 30.1 Å². The van der Waals surface area contributed by atoms with E-state index in [1.165, 1.54) is 10.1 Å². The number of aliphatic imine (C=N–C) groups is 2. The van der Waals surface area contributed by atoms with Gasteiger partial charge in [0.05, 0.1) is 10.1 Å². The zero-order chi connectivity index (χ0) is 12.1. The van der Waals surface area contributed by atoms with Crippen molar-refractivity contribution in [1.82, 2.24) is 0 Å². The van der Waals surface area contributed by atoms with E-state index in [2.05, 4.69) is 51.5 Å². The molecule has 0 fully saturated rings. The molecule has 0 aromatic carbocycles. The molecular formula is C11H18N2S3. The summed E-state index contributed by atoms with van der Waals surface area (Å²) < 4.78 is 0. The summed E-state index contributed by atoms with van der Waals surface area (Å²) >= 11 is 0. The summed E-state index contributed by atoms with van der Waals surface area (Å²) in [7, 11) is 3.92. The van der Waals surface area contributed by atoms with Crippen LogP contribution in [0.1, 0.15) is 41.5 Å². The molecule has 2 heterocycles. The highest BCUT2D eigenvalue weighted by atomic mass is 33.5. The van der Waals surface area contributed by atoms with Gasteiger partial charge in [-0.25, -0.2) is 9.98 Å². The molecule has 0 aliphatic carbocycles. The van der Waals surface area contributed by atoms with Crippen molar-refractivity contribution >= 4 is 45.3 Å². The van der Waals surface area contributed by atoms with Gasteiger partial charge in [-0.2, -0.15) is 0 Å². The summed E-state index contributed by atoms with van der Waals surface area (Å²) in [5.41, 5.74) is 0.319. The fourth-order valence-electron chi connectivity index (χ4n) is 1.13. The molecule has 0 atom stereocenters. The van der Waals surface area contributed by atoms with E-state index in [0.29, 0.717) is 0 Å². The Bertz CT molecular complexity index is 381. The highest BCUT2D eigenvalue weighted by molar-refractivity contribution is 9.21. The third-order valence-corrected chi connectivity index (χ3v) is 8.62. The fourth-order valence-corrected chi connectivity index (χ4v) is 7.84. The third kappa shape index (κ3) is 2.41. The minimum atomic E-state index is 0.122. The molecule has 0 radical (unpaired) electrons. The van der Waals surface area contributed by atoms with Gasteiger partial charge in [0.2, 0.25) is 0 Å². The maximum absolute atomic E-state index is 4.69. The van der Waals surface area contributed by atoms with Crippen molar-refractivity contribution in [2.75, 3.05) is 0 Å². The first kappa shape index (κ1) is 12.7. The highest BCUT2D eigenvalue weighted by Gasteiger charge is 2.34. The molecule has 0 bridgehead atoms. The van der Waals surface area contributed by atoms with E-state index in [1.54, 1.807) is 0 Å². The van der Waals surface area contributed by atoms with E-state index < -0.39 is 0 Å². The molecule has 2 aliphatic heterocycles. The Morgan fingerprint density at radius 1 is 0.812 bits per heavy atom. The lowest BCUT2D eigenvalue weighted by atomic mass is 9.98. The van der Waals surface area contributed by atoms with Crippen molar-refractivity contribution in [3.63, 3.8) is 0 Å². The van der Waals surface area contributed by atoms with Gasteiger partial charge < -0.3 is 0 Å². The Labute approximate surface area is 108 Å². The number of hydrogen-bond donors (Lipinski definition) is 0. The first-order chi connectivity index (χ1) is 7.18. The predicted molar refractivity (Wildman–Crippen MR) is 81.6 cm³/mol. The zero-order valence-corrected chi connectivity index (χ0v) is 13.1. The molecule has 2 nitrogen and oxygen atoms in total. The molecule has 0 saturated carbocycles. The molecule has 0 spiro atoms. The minimum Gasteiger partial charge on any atom is -0.218 e. The van der Waals surface area contributed by atoms with E-state index >= 15 is 0 Å². The Hall–Kier alpha value is 0.260. The van der Waals surface area contributed by atoms with Crippen LogP contribution in [0.4, 0.5) is 0 Å². The van der Waals surface area contributed by atoms with Crippen LogP contribution in [0.15, 0.2) is 9.98 Å². The Morgan fingerprint density at radius 3 is 1.44 bits per heavy atom. The van der Waals surface area contributed by atoms with Crippen LogP contribution in [0.25, 0.3) is 0 Å². The van der Waals surface area contributed by atoms with E-state index in [9.17, 15) is 0 Å². The quantitative estimate of drug-likeness (QED) is 0.478. The van der Waals surface area contributed by atoms with Crippen molar-refractivity contribution in [3.05, 3.63) is 0 Å². The highest BCUT2D eigenvalue weighted by Crippen LogP contribution is 2.57. The standard InChI is InChI=1S/C11H18N2S3/c1-10(2,3)7-12-9-13-8(11(4,5)6)15-16(9)14-7/h1-6H3. The van der Waals surface area contributed by atoms with Gasteiger partial charge in [0.1, 0.15) is 0 Å². The zero-order valence-electron chi connectivity index (χ0n) is 10.6. The minimum absolute atomic E-state index is 0.122. The summed E-state index contributed by atoms with van der Waals surface area (Å²) in [5.74, 6) is 0. The van der Waals surface area contributed by atoms with Crippen molar-refractivity contribution < 1.29 is 0 Å². The second-order valence-electron chi connectivity index (χ2n) is 6.02. The van der Waals surface area contributed by atoms with Crippen molar-refractivity contribution in [2.24, 2.45) is 20.8 Å². The van der Waals surface area contributed by atoms with Crippen LogP contribution in [0.3, 0.4) is 0 Å². The van der Waals surface area contributed by atoms with Crippen molar-refractivity contribution in [1.29, 1.82) is 0 Å². The number of nitrogens with zero attached hydrogens (tertiary/aromatic N) is 2. The van der Waals surface area contributed by atoms with Crippen molar-refractivity contribution in [3.8, 4) is 0 Å². The second kappa shape index (κ2) is 3.89. The van der Waals surface area contributed by atoms with Gasteiger partial charge in [0, 0.05) is 10.8 Å². The summed E-state index contributed by atoms with van der Waals surface area (Å²) in [4.78, 5) is 9.37. The summed E-state index contributed by atoms with van der Waals surface area (Å²) in [6.45, 7) is 13.3. The molecule has 0 unspecified atom stereocenters. The topological polar surface area (TPSA) is 24.7 Å². The van der Waals surface area contributed by atoms with E-state index in [-0.39, 0.29) is 19.4 Å². The first-order valence-electron chi connectivity index (χ1n) is 5.34. The molecule has 0 saturated heterocycles. The molecule has 2 aliphatic rings. The predicted octanol–water partition coefficient (Wildman–Crippen LogP) is 4.56. The lowest BCUT2D eigenvalue weighted by Crippen LogP contribution is -2.17. The fraction of sp³-hybridized carbons (Fsp3) is 0.727. The van der Waals surface area contributed by atoms with Crippen LogP contribution in [0.2, 0.25) is 0 Å². The smallest absolute Gasteiger partial charge is 0.200 e. The van der Waals surface area contributed by atoms with Gasteiger partial charge in [-0.1, -0.05) is 41.5 Å². The largest absolute Gasteiger partial charge is 0.218 e. The van der Waals surface area contributed by atoms with Crippen LogP contribution >= 0.6 is 30.1 Å². The van der Waals surface area contributed by atoms with Gasteiger partial charge in [0.15, 0.2) is 5.11 Å². The summed E-state index contributed by atoms with van der Waals surface area (Å²) in [6, 6.07) is 0. The third-order valence-electron chi connectivity index (χ3n) is 2.14. The molecule has 16 heavy (non-hydrogen) atoms. The van der Waals surface area contributed by atoms with Crippen LogP contribution in [0.5, 0.6) is 0 Å².